The maximum Gasteiger partial charge on any atom is 0.193 e. The van der Waals surface area contributed by atoms with E-state index >= 15 is 0 Å². The second-order valence-corrected chi connectivity index (χ2v) is 7.57. The van der Waals surface area contributed by atoms with E-state index in [2.05, 4.69) is 15.3 Å². The standard InChI is InChI=1S/C23H20N3OS/c1-26(15-20-16-28-23(25-20)19-10-6-12-24-14-19)21-11-5-9-18(13-21)22(27)17-7-3-2-4-8-17/h2-14,16,23H,15H2,1H3/q-1. The predicted molar refractivity (Wildman–Crippen MR) is 116 cm³/mol. The van der Waals surface area contributed by atoms with Crippen molar-refractivity contribution >= 4 is 23.2 Å². The lowest BCUT2D eigenvalue weighted by molar-refractivity contribution is 0.103. The van der Waals surface area contributed by atoms with Crippen LogP contribution in [0.15, 0.2) is 90.2 Å². The third kappa shape index (κ3) is 4.10. The molecule has 3 aromatic rings. The molecule has 0 radical (unpaired) electrons. The summed E-state index contributed by atoms with van der Waals surface area (Å²) in [6.07, 6.45) is 3.63. The Bertz CT molecular complexity index is 989. The van der Waals surface area contributed by atoms with Gasteiger partial charge in [0, 0.05) is 42.8 Å². The molecule has 140 valence electrons. The monoisotopic (exact) mass is 386 g/mol. The molecule has 1 unspecified atom stereocenters. The van der Waals surface area contributed by atoms with Crippen LogP contribution in [-0.2, 0) is 0 Å². The number of anilines is 1. The summed E-state index contributed by atoms with van der Waals surface area (Å²) < 4.78 is 0. The highest BCUT2D eigenvalue weighted by atomic mass is 32.2. The first kappa shape index (κ1) is 18.3. The van der Waals surface area contributed by atoms with Crippen LogP contribution in [0.2, 0.25) is 0 Å². The average molecular weight is 387 g/mol. The predicted octanol–water partition coefficient (Wildman–Crippen LogP) is 5.41. The average Bonchev–Trinajstić information content (AvgIpc) is 3.23. The number of nitrogens with zero attached hydrogens (tertiary/aromatic N) is 3. The van der Waals surface area contributed by atoms with Crippen LogP contribution in [0.5, 0.6) is 0 Å². The van der Waals surface area contributed by atoms with Gasteiger partial charge in [0.05, 0.1) is 0 Å². The van der Waals surface area contributed by atoms with Crippen LogP contribution in [0.1, 0.15) is 26.9 Å². The summed E-state index contributed by atoms with van der Waals surface area (Å²) in [5, 5.41) is 6.98. The quantitative estimate of drug-likeness (QED) is 0.532. The van der Waals surface area contributed by atoms with Gasteiger partial charge in [-0.25, -0.2) is 0 Å². The van der Waals surface area contributed by atoms with Crippen LogP contribution >= 0.6 is 11.8 Å². The second kappa shape index (κ2) is 8.31. The van der Waals surface area contributed by atoms with E-state index < -0.39 is 0 Å². The van der Waals surface area contributed by atoms with Crippen LogP contribution in [-0.4, -0.2) is 24.4 Å². The molecule has 4 nitrogen and oxygen atoms in total. The van der Waals surface area contributed by atoms with Gasteiger partial charge in [-0.05, 0) is 34.5 Å². The van der Waals surface area contributed by atoms with Crippen molar-refractivity contribution in [3.63, 3.8) is 0 Å². The number of aromatic nitrogens is 1. The number of rotatable bonds is 6. The van der Waals surface area contributed by atoms with Crippen molar-refractivity contribution in [2.24, 2.45) is 0 Å². The maximum atomic E-state index is 12.7. The Morgan fingerprint density at radius 3 is 2.68 bits per heavy atom. The van der Waals surface area contributed by atoms with Gasteiger partial charge in [-0.2, -0.15) is 0 Å². The molecule has 0 aliphatic carbocycles. The van der Waals surface area contributed by atoms with Crippen LogP contribution < -0.4 is 4.90 Å². The molecule has 28 heavy (non-hydrogen) atoms. The topological polar surface area (TPSA) is 47.3 Å². The molecular weight excluding hydrogens is 366 g/mol. The number of carbonyl (C=O) groups is 1. The maximum absolute atomic E-state index is 12.7. The number of likely N-dealkylation sites (N-methyl/N-ethyl adjacent to an activating group) is 1. The summed E-state index contributed by atoms with van der Waals surface area (Å²) in [5.74, 6) is 0.0350. The van der Waals surface area contributed by atoms with Gasteiger partial charge in [0.25, 0.3) is 0 Å². The lowest BCUT2D eigenvalue weighted by atomic mass is 10.0. The molecule has 0 fully saturated rings. The highest BCUT2D eigenvalue weighted by molar-refractivity contribution is 8.02. The summed E-state index contributed by atoms with van der Waals surface area (Å²) in [4.78, 5) is 19.0. The number of hydrogen-bond donors (Lipinski definition) is 0. The fourth-order valence-electron chi connectivity index (χ4n) is 3.08. The number of ketones is 1. The molecule has 0 spiro atoms. The van der Waals surface area contributed by atoms with Crippen LogP contribution in [0.25, 0.3) is 5.32 Å². The van der Waals surface area contributed by atoms with Crippen molar-refractivity contribution in [3.8, 4) is 0 Å². The molecular formula is C23H20N3OS-. The molecule has 0 amide bonds. The Labute approximate surface area is 169 Å². The lowest BCUT2D eigenvalue weighted by Gasteiger charge is -2.30. The number of thioether (sulfide) groups is 1. The first-order valence-corrected chi connectivity index (χ1v) is 10.0. The minimum absolute atomic E-state index is 0.0350. The Hall–Kier alpha value is -3.05. The minimum Gasteiger partial charge on any atom is -0.671 e. The van der Waals surface area contributed by atoms with Crippen LogP contribution in [0.3, 0.4) is 0 Å². The Morgan fingerprint density at radius 1 is 1.07 bits per heavy atom. The molecule has 0 N–H and O–H groups in total. The molecule has 0 saturated carbocycles. The zero-order valence-electron chi connectivity index (χ0n) is 15.5. The summed E-state index contributed by atoms with van der Waals surface area (Å²) in [6.45, 7) is 0.687. The summed E-state index contributed by atoms with van der Waals surface area (Å²) in [5.41, 5.74) is 4.52. The smallest absolute Gasteiger partial charge is 0.193 e. The van der Waals surface area contributed by atoms with E-state index in [-0.39, 0.29) is 11.2 Å². The third-order valence-corrected chi connectivity index (χ3v) is 5.61. The molecule has 2 heterocycles. The molecule has 4 rings (SSSR count). The van der Waals surface area contributed by atoms with Crippen molar-refractivity contribution in [2.45, 2.75) is 5.37 Å². The molecule has 0 saturated heterocycles. The van der Waals surface area contributed by atoms with E-state index in [1.165, 1.54) is 0 Å². The molecule has 1 atom stereocenters. The lowest BCUT2D eigenvalue weighted by Crippen LogP contribution is -2.20. The highest BCUT2D eigenvalue weighted by Gasteiger charge is 2.12. The van der Waals surface area contributed by atoms with Gasteiger partial charge in [-0.3, -0.25) is 9.78 Å². The normalized spacial score (nSPS) is 15.6. The third-order valence-electron chi connectivity index (χ3n) is 4.57. The molecule has 1 aliphatic heterocycles. The van der Waals surface area contributed by atoms with Crippen LogP contribution in [0.4, 0.5) is 5.69 Å². The largest absolute Gasteiger partial charge is 0.671 e. The number of pyridine rings is 1. The van der Waals surface area contributed by atoms with Crippen molar-refractivity contribution < 1.29 is 4.79 Å². The Morgan fingerprint density at radius 2 is 1.89 bits per heavy atom. The van der Waals surface area contributed by atoms with Gasteiger partial charge in [0.15, 0.2) is 5.78 Å². The van der Waals surface area contributed by atoms with Gasteiger partial charge in [-0.15, -0.1) is 17.5 Å². The fraction of sp³-hybridized carbons (Fsp3) is 0.130. The first-order chi connectivity index (χ1) is 13.7. The summed E-state index contributed by atoms with van der Waals surface area (Å²) >= 11 is 1.70. The van der Waals surface area contributed by atoms with Crippen molar-refractivity contribution in [1.82, 2.24) is 4.98 Å². The first-order valence-electron chi connectivity index (χ1n) is 9.07. The Balaban J connectivity index is 1.43. The van der Waals surface area contributed by atoms with E-state index in [1.54, 1.807) is 18.0 Å². The minimum atomic E-state index is 0.0350. The van der Waals surface area contributed by atoms with E-state index in [4.69, 9.17) is 5.32 Å². The number of carbonyl (C=O) groups excluding carboxylic acids is 1. The number of hydrogen-bond acceptors (Lipinski definition) is 4. The van der Waals surface area contributed by atoms with E-state index in [0.717, 1.165) is 16.9 Å². The second-order valence-electron chi connectivity index (χ2n) is 6.61. The number of benzene rings is 2. The zero-order chi connectivity index (χ0) is 19.3. The molecule has 0 bridgehead atoms. The molecule has 1 aliphatic rings. The van der Waals surface area contributed by atoms with E-state index in [9.17, 15) is 4.79 Å². The van der Waals surface area contributed by atoms with Gasteiger partial charge >= 0.3 is 0 Å². The SMILES string of the molecule is CN(CC1=CSC(c2cccnc2)[N-]1)c1cccc(C(=O)c2ccccc2)c1. The van der Waals surface area contributed by atoms with E-state index in [1.807, 2.05) is 80.0 Å². The van der Waals surface area contributed by atoms with E-state index in [0.29, 0.717) is 17.7 Å². The van der Waals surface area contributed by atoms with Crippen molar-refractivity contribution in [2.75, 3.05) is 18.5 Å². The van der Waals surface area contributed by atoms with Gasteiger partial charge in [0.1, 0.15) is 0 Å². The Kier molecular flexibility index (Phi) is 5.44. The van der Waals surface area contributed by atoms with Crippen molar-refractivity contribution in [1.29, 1.82) is 0 Å². The zero-order valence-corrected chi connectivity index (χ0v) is 16.3. The molecule has 1 aromatic heterocycles. The highest BCUT2D eigenvalue weighted by Crippen LogP contribution is 2.44. The molecule has 2 aromatic carbocycles. The summed E-state index contributed by atoms with van der Waals surface area (Å²) in [6, 6.07) is 21.1. The van der Waals surface area contributed by atoms with Gasteiger partial charge < -0.3 is 10.2 Å². The van der Waals surface area contributed by atoms with Gasteiger partial charge in [-0.1, -0.05) is 48.5 Å². The van der Waals surface area contributed by atoms with Gasteiger partial charge in [0.2, 0.25) is 0 Å². The van der Waals surface area contributed by atoms with Crippen LogP contribution in [0, 0.1) is 0 Å². The fourth-order valence-corrected chi connectivity index (χ4v) is 4.00. The van der Waals surface area contributed by atoms with Crippen molar-refractivity contribution in [3.05, 3.63) is 112 Å². The summed E-state index contributed by atoms with van der Waals surface area (Å²) in [7, 11) is 2.02. The molecule has 5 heteroatoms.